The second-order valence-electron chi connectivity index (χ2n) is 4.59. The van der Waals surface area contributed by atoms with Crippen LogP contribution >= 0.6 is 0 Å². The Morgan fingerprint density at radius 1 is 1.55 bits per heavy atom. The highest BCUT2D eigenvalue weighted by atomic mass is 16.6. The zero-order valence-corrected chi connectivity index (χ0v) is 10.8. The van der Waals surface area contributed by atoms with Gasteiger partial charge in [0.15, 0.2) is 5.78 Å². The third-order valence-electron chi connectivity index (χ3n) is 3.22. The molecule has 0 spiro atoms. The third-order valence-corrected chi connectivity index (χ3v) is 3.22. The number of ketones is 1. The van der Waals surface area contributed by atoms with Crippen LogP contribution in [0.4, 0.5) is 11.4 Å². The Kier molecular flexibility index (Phi) is 3.53. The number of rotatable bonds is 3. The van der Waals surface area contributed by atoms with Crippen LogP contribution in [0.15, 0.2) is 18.2 Å². The highest BCUT2D eigenvalue weighted by Gasteiger charge is 2.31. The van der Waals surface area contributed by atoms with Crippen LogP contribution in [0.2, 0.25) is 0 Å². The highest BCUT2D eigenvalue weighted by molar-refractivity contribution is 6.06. The van der Waals surface area contributed by atoms with E-state index in [1.165, 1.54) is 30.0 Å². The maximum absolute atomic E-state index is 11.9. The van der Waals surface area contributed by atoms with Crippen molar-refractivity contribution in [1.29, 1.82) is 0 Å². The van der Waals surface area contributed by atoms with Crippen LogP contribution in [-0.2, 0) is 4.79 Å². The molecule has 20 heavy (non-hydrogen) atoms. The van der Waals surface area contributed by atoms with Gasteiger partial charge in [-0.25, -0.2) is 0 Å². The van der Waals surface area contributed by atoms with Crippen molar-refractivity contribution in [3.05, 3.63) is 33.9 Å². The van der Waals surface area contributed by atoms with Crippen LogP contribution in [0.1, 0.15) is 23.7 Å². The Bertz CT molecular complexity index is 645. The van der Waals surface area contributed by atoms with E-state index in [1.54, 1.807) is 0 Å². The van der Waals surface area contributed by atoms with Crippen molar-refractivity contribution in [3.63, 3.8) is 0 Å². The van der Waals surface area contributed by atoms with Gasteiger partial charge in [0.25, 0.3) is 5.69 Å². The summed E-state index contributed by atoms with van der Waals surface area (Å²) in [7, 11) is 0. The van der Waals surface area contributed by atoms with E-state index in [0.29, 0.717) is 12.2 Å². The van der Waals surface area contributed by atoms with Crippen LogP contribution in [0.5, 0.6) is 0 Å². The number of Topliss-reactive ketones (excluding diaryl/α,β-unsaturated/α-hetero) is 1. The first kappa shape index (κ1) is 13.7. The highest BCUT2D eigenvalue weighted by Crippen LogP contribution is 2.30. The topological polar surface area (TPSA) is 80.5 Å². The quantitative estimate of drug-likeness (QED) is 0.363. The van der Waals surface area contributed by atoms with E-state index < -0.39 is 4.92 Å². The summed E-state index contributed by atoms with van der Waals surface area (Å²) in [6.07, 6.45) is 5.54. The average molecular weight is 272 g/mol. The second-order valence-corrected chi connectivity index (χ2v) is 4.59. The van der Waals surface area contributed by atoms with Crippen LogP contribution in [-0.4, -0.2) is 23.2 Å². The Hall–Kier alpha value is -2.68. The third kappa shape index (κ3) is 2.38. The molecule has 1 heterocycles. The molecular weight excluding hydrogens is 260 g/mol. The van der Waals surface area contributed by atoms with Gasteiger partial charge < -0.3 is 4.90 Å². The average Bonchev–Trinajstić information content (AvgIpc) is 2.79. The van der Waals surface area contributed by atoms with Gasteiger partial charge in [-0.05, 0) is 13.0 Å². The van der Waals surface area contributed by atoms with E-state index in [1.807, 2.05) is 0 Å². The lowest BCUT2D eigenvalue weighted by Gasteiger charge is -2.18. The van der Waals surface area contributed by atoms with Crippen LogP contribution < -0.4 is 4.90 Å². The van der Waals surface area contributed by atoms with Gasteiger partial charge in [-0.3, -0.25) is 19.7 Å². The lowest BCUT2D eigenvalue weighted by molar-refractivity contribution is -0.384. The number of nitro benzene ring substituents is 1. The molecule has 0 aromatic heterocycles. The fourth-order valence-electron chi connectivity index (χ4n) is 2.21. The first-order chi connectivity index (χ1) is 9.43. The minimum atomic E-state index is -0.577. The van der Waals surface area contributed by atoms with Crippen LogP contribution in [0.3, 0.4) is 0 Å². The molecule has 102 valence electrons. The number of hydrogen-bond acceptors (Lipinski definition) is 4. The van der Waals surface area contributed by atoms with E-state index in [0.717, 1.165) is 0 Å². The minimum absolute atomic E-state index is 0.158. The molecule has 0 bridgehead atoms. The molecule has 1 aromatic carbocycles. The smallest absolute Gasteiger partial charge is 0.270 e. The number of carbonyl (C=O) groups is 2. The summed E-state index contributed by atoms with van der Waals surface area (Å²) in [6, 6.07) is 3.89. The number of nitro groups is 1. The molecular formula is C14H12N2O4. The summed E-state index contributed by atoms with van der Waals surface area (Å²) in [5.41, 5.74) is 0.357. The van der Waals surface area contributed by atoms with Crippen molar-refractivity contribution in [3.8, 4) is 12.3 Å². The molecule has 0 aliphatic carbocycles. The van der Waals surface area contributed by atoms with Gasteiger partial charge in [0.2, 0.25) is 5.91 Å². The zero-order chi connectivity index (χ0) is 14.9. The molecule has 1 amide bonds. The van der Waals surface area contributed by atoms with E-state index in [-0.39, 0.29) is 35.3 Å². The lowest BCUT2D eigenvalue weighted by atomic mass is 10.1. The fraction of sp³-hybridized carbons (Fsp3) is 0.286. The number of nitrogens with zero attached hydrogens (tertiary/aromatic N) is 2. The van der Waals surface area contributed by atoms with Crippen molar-refractivity contribution >= 4 is 23.1 Å². The molecule has 2 rings (SSSR count). The second kappa shape index (κ2) is 5.13. The molecule has 1 atom stereocenters. The number of anilines is 1. The van der Waals surface area contributed by atoms with Crippen LogP contribution in [0, 0.1) is 28.4 Å². The fourth-order valence-corrected chi connectivity index (χ4v) is 2.21. The number of terminal acetylenes is 1. The van der Waals surface area contributed by atoms with Gasteiger partial charge >= 0.3 is 0 Å². The zero-order valence-electron chi connectivity index (χ0n) is 10.8. The molecule has 1 aliphatic heterocycles. The maximum atomic E-state index is 11.9. The largest absolute Gasteiger partial charge is 0.310 e. The van der Waals surface area contributed by atoms with Gasteiger partial charge in [0.1, 0.15) is 0 Å². The van der Waals surface area contributed by atoms with Gasteiger partial charge in [-0.15, -0.1) is 12.3 Å². The molecule has 0 N–H and O–H groups in total. The van der Waals surface area contributed by atoms with Crippen molar-refractivity contribution in [1.82, 2.24) is 0 Å². The van der Waals surface area contributed by atoms with E-state index in [2.05, 4.69) is 5.92 Å². The first-order valence-electron chi connectivity index (χ1n) is 6.00. The van der Waals surface area contributed by atoms with Gasteiger partial charge in [-0.2, -0.15) is 0 Å². The molecule has 0 radical (unpaired) electrons. The summed E-state index contributed by atoms with van der Waals surface area (Å²) < 4.78 is 0. The summed E-state index contributed by atoms with van der Waals surface area (Å²) >= 11 is 0. The summed E-state index contributed by atoms with van der Waals surface area (Å²) in [6.45, 7) is 1.63. The monoisotopic (exact) mass is 272 g/mol. The van der Waals surface area contributed by atoms with E-state index in [9.17, 15) is 19.7 Å². The summed E-state index contributed by atoms with van der Waals surface area (Å²) in [5, 5.41) is 10.8. The van der Waals surface area contributed by atoms with Gasteiger partial charge in [-0.1, -0.05) is 0 Å². The number of carbonyl (C=O) groups excluding carboxylic acids is 2. The normalized spacial score (nSPS) is 17.9. The SMILES string of the molecule is C#CC1CC(=O)N(c2ccc([N+](=O)[O-])cc2C(C)=O)C1. The Balaban J connectivity index is 2.47. The Morgan fingerprint density at radius 2 is 2.25 bits per heavy atom. The van der Waals surface area contributed by atoms with Crippen molar-refractivity contribution in [2.75, 3.05) is 11.4 Å². The molecule has 1 aromatic rings. The molecule has 1 unspecified atom stereocenters. The Labute approximate surface area is 115 Å². The number of hydrogen-bond donors (Lipinski definition) is 0. The number of amides is 1. The maximum Gasteiger partial charge on any atom is 0.270 e. The molecule has 6 heteroatoms. The molecule has 1 fully saturated rings. The molecule has 6 nitrogen and oxygen atoms in total. The molecule has 0 saturated carbocycles. The lowest BCUT2D eigenvalue weighted by Crippen LogP contribution is -2.26. The minimum Gasteiger partial charge on any atom is -0.310 e. The predicted octanol–water partition coefficient (Wildman–Crippen LogP) is 1.78. The number of benzene rings is 1. The summed E-state index contributed by atoms with van der Waals surface area (Å²) in [5.74, 6) is 1.81. The van der Waals surface area contributed by atoms with Crippen molar-refractivity contribution < 1.29 is 14.5 Å². The summed E-state index contributed by atoms with van der Waals surface area (Å²) in [4.78, 5) is 35.2. The van der Waals surface area contributed by atoms with Crippen LogP contribution in [0.25, 0.3) is 0 Å². The standard InChI is InChI=1S/C14H12N2O4/c1-3-10-6-14(18)15(8-10)13-5-4-11(16(19)20)7-12(13)9(2)17/h1,4-5,7,10H,6,8H2,2H3. The predicted molar refractivity (Wildman–Crippen MR) is 72.4 cm³/mol. The number of non-ortho nitro benzene ring substituents is 1. The van der Waals surface area contributed by atoms with Crippen molar-refractivity contribution in [2.45, 2.75) is 13.3 Å². The molecule has 1 aliphatic rings. The van der Waals surface area contributed by atoms with E-state index in [4.69, 9.17) is 6.42 Å². The first-order valence-corrected chi connectivity index (χ1v) is 6.00. The van der Waals surface area contributed by atoms with Gasteiger partial charge in [0, 0.05) is 36.6 Å². The van der Waals surface area contributed by atoms with Crippen molar-refractivity contribution in [2.24, 2.45) is 5.92 Å². The van der Waals surface area contributed by atoms with Gasteiger partial charge in [0.05, 0.1) is 10.6 Å². The molecule has 1 saturated heterocycles. The Morgan fingerprint density at radius 3 is 2.75 bits per heavy atom. The van der Waals surface area contributed by atoms with E-state index >= 15 is 0 Å².